The van der Waals surface area contributed by atoms with E-state index in [1.165, 1.54) is 12.8 Å². The van der Waals surface area contributed by atoms with Gasteiger partial charge >= 0.3 is 0 Å². The second-order valence-corrected chi connectivity index (χ2v) is 5.34. The van der Waals surface area contributed by atoms with Crippen LogP contribution in [0, 0.1) is 0 Å². The van der Waals surface area contributed by atoms with E-state index in [0.29, 0.717) is 6.04 Å². The van der Waals surface area contributed by atoms with Gasteiger partial charge in [-0.3, -0.25) is 4.98 Å². The van der Waals surface area contributed by atoms with E-state index < -0.39 is 0 Å². The third-order valence-electron chi connectivity index (χ3n) is 3.68. The lowest BCUT2D eigenvalue weighted by atomic mass is 10.1. The Morgan fingerprint density at radius 2 is 2.05 bits per heavy atom. The van der Waals surface area contributed by atoms with Crippen LogP contribution in [0.5, 0.6) is 0 Å². The molecule has 1 N–H and O–H groups in total. The molecule has 20 heavy (non-hydrogen) atoms. The van der Waals surface area contributed by atoms with Crippen LogP contribution in [0.1, 0.15) is 18.6 Å². The Hall–Kier alpha value is -2.13. The number of para-hydroxylation sites is 1. The van der Waals surface area contributed by atoms with E-state index in [4.69, 9.17) is 4.42 Å². The van der Waals surface area contributed by atoms with E-state index in [-0.39, 0.29) is 0 Å². The first-order chi connectivity index (χ1) is 9.88. The van der Waals surface area contributed by atoms with Crippen LogP contribution in [0.2, 0.25) is 0 Å². The SMILES string of the molecule is c1ccc2ncc(-c3ccc(CNC4CC4)o3)cc2c1. The number of hydrogen-bond donors (Lipinski definition) is 1. The number of furan rings is 1. The molecule has 0 unspecified atom stereocenters. The first kappa shape index (κ1) is 11.7. The fourth-order valence-electron chi connectivity index (χ4n) is 2.37. The standard InChI is InChI=1S/C17H16N2O/c1-2-4-16-12(3-1)9-13(10-19-16)17-8-7-15(20-17)11-18-14-5-6-14/h1-4,7-10,14,18H,5-6,11H2. The summed E-state index contributed by atoms with van der Waals surface area (Å²) in [5, 5.41) is 4.60. The van der Waals surface area contributed by atoms with Crippen molar-refractivity contribution in [2.24, 2.45) is 0 Å². The molecule has 1 fully saturated rings. The van der Waals surface area contributed by atoms with Crippen molar-refractivity contribution in [2.75, 3.05) is 0 Å². The Balaban J connectivity index is 1.60. The smallest absolute Gasteiger partial charge is 0.135 e. The molecule has 2 aromatic heterocycles. The van der Waals surface area contributed by atoms with Gasteiger partial charge in [-0.25, -0.2) is 0 Å². The number of nitrogens with one attached hydrogen (secondary N) is 1. The normalized spacial score (nSPS) is 14.8. The minimum Gasteiger partial charge on any atom is -0.460 e. The van der Waals surface area contributed by atoms with E-state index in [0.717, 1.165) is 34.5 Å². The van der Waals surface area contributed by atoms with Crippen molar-refractivity contribution >= 4 is 10.9 Å². The number of aromatic nitrogens is 1. The van der Waals surface area contributed by atoms with Gasteiger partial charge in [0, 0.05) is 23.2 Å². The third-order valence-corrected chi connectivity index (χ3v) is 3.68. The minimum atomic E-state index is 0.700. The van der Waals surface area contributed by atoms with Crippen LogP contribution in [0.3, 0.4) is 0 Å². The molecular weight excluding hydrogens is 248 g/mol. The molecule has 4 rings (SSSR count). The zero-order valence-electron chi connectivity index (χ0n) is 11.2. The molecule has 0 radical (unpaired) electrons. The van der Waals surface area contributed by atoms with Gasteiger partial charge in [0.1, 0.15) is 11.5 Å². The van der Waals surface area contributed by atoms with E-state index in [1.807, 2.05) is 36.5 Å². The van der Waals surface area contributed by atoms with Gasteiger partial charge in [0.05, 0.1) is 12.1 Å². The Morgan fingerprint density at radius 3 is 2.95 bits per heavy atom. The topological polar surface area (TPSA) is 38.1 Å². The maximum atomic E-state index is 5.89. The molecule has 0 spiro atoms. The van der Waals surface area contributed by atoms with Gasteiger partial charge in [-0.05, 0) is 37.1 Å². The van der Waals surface area contributed by atoms with Gasteiger partial charge in [-0.1, -0.05) is 18.2 Å². The van der Waals surface area contributed by atoms with Crippen molar-refractivity contribution in [2.45, 2.75) is 25.4 Å². The molecule has 0 saturated heterocycles. The monoisotopic (exact) mass is 264 g/mol. The van der Waals surface area contributed by atoms with Gasteiger partial charge in [0.15, 0.2) is 0 Å². The minimum absolute atomic E-state index is 0.700. The van der Waals surface area contributed by atoms with Crippen molar-refractivity contribution in [1.82, 2.24) is 10.3 Å². The van der Waals surface area contributed by atoms with Crippen LogP contribution in [-0.4, -0.2) is 11.0 Å². The Morgan fingerprint density at radius 1 is 1.15 bits per heavy atom. The lowest BCUT2D eigenvalue weighted by molar-refractivity contribution is 0.492. The summed E-state index contributed by atoms with van der Waals surface area (Å²) in [6, 6.07) is 15.0. The number of pyridine rings is 1. The van der Waals surface area contributed by atoms with Crippen molar-refractivity contribution < 1.29 is 4.42 Å². The quantitative estimate of drug-likeness (QED) is 0.780. The lowest BCUT2D eigenvalue weighted by Gasteiger charge is -2.01. The summed E-state index contributed by atoms with van der Waals surface area (Å²) >= 11 is 0. The molecule has 3 aromatic rings. The van der Waals surface area contributed by atoms with Crippen LogP contribution >= 0.6 is 0 Å². The van der Waals surface area contributed by atoms with E-state index in [2.05, 4.69) is 22.4 Å². The highest BCUT2D eigenvalue weighted by Crippen LogP contribution is 2.25. The first-order valence-corrected chi connectivity index (χ1v) is 7.06. The zero-order chi connectivity index (χ0) is 13.4. The summed E-state index contributed by atoms with van der Waals surface area (Å²) in [6.45, 7) is 0.811. The molecule has 2 heterocycles. The molecular formula is C17H16N2O. The lowest BCUT2D eigenvalue weighted by Crippen LogP contribution is -2.14. The highest BCUT2D eigenvalue weighted by Gasteiger charge is 2.20. The second-order valence-electron chi connectivity index (χ2n) is 5.34. The zero-order valence-corrected chi connectivity index (χ0v) is 11.2. The van der Waals surface area contributed by atoms with Crippen molar-refractivity contribution in [1.29, 1.82) is 0 Å². The van der Waals surface area contributed by atoms with E-state index >= 15 is 0 Å². The van der Waals surface area contributed by atoms with Crippen molar-refractivity contribution in [3.63, 3.8) is 0 Å². The van der Waals surface area contributed by atoms with Gasteiger partial charge in [0.2, 0.25) is 0 Å². The summed E-state index contributed by atoms with van der Waals surface area (Å²) < 4.78 is 5.89. The molecule has 3 heteroatoms. The first-order valence-electron chi connectivity index (χ1n) is 7.06. The molecule has 1 saturated carbocycles. The van der Waals surface area contributed by atoms with Crippen LogP contribution in [0.4, 0.5) is 0 Å². The fourth-order valence-corrected chi connectivity index (χ4v) is 2.37. The maximum absolute atomic E-state index is 5.89. The van der Waals surface area contributed by atoms with E-state index in [9.17, 15) is 0 Å². The Bertz CT molecular complexity index is 743. The highest BCUT2D eigenvalue weighted by atomic mass is 16.3. The van der Waals surface area contributed by atoms with Crippen LogP contribution in [0.25, 0.3) is 22.2 Å². The van der Waals surface area contributed by atoms with Gasteiger partial charge < -0.3 is 9.73 Å². The molecule has 1 aromatic carbocycles. The average Bonchev–Trinajstić information content (AvgIpc) is 3.21. The summed E-state index contributed by atoms with van der Waals surface area (Å²) in [5.41, 5.74) is 2.04. The Kier molecular flexibility index (Phi) is 2.78. The predicted molar refractivity (Wildman–Crippen MR) is 79.3 cm³/mol. The summed E-state index contributed by atoms with van der Waals surface area (Å²) in [7, 11) is 0. The molecule has 1 aliphatic carbocycles. The Labute approximate surface area is 117 Å². The molecule has 0 atom stereocenters. The number of benzene rings is 1. The maximum Gasteiger partial charge on any atom is 0.135 e. The van der Waals surface area contributed by atoms with E-state index in [1.54, 1.807) is 0 Å². The van der Waals surface area contributed by atoms with Gasteiger partial charge in [-0.2, -0.15) is 0 Å². The van der Waals surface area contributed by atoms with Crippen LogP contribution in [-0.2, 0) is 6.54 Å². The summed E-state index contributed by atoms with van der Waals surface area (Å²) in [5.74, 6) is 1.87. The predicted octanol–water partition coefficient (Wildman–Crippen LogP) is 3.75. The van der Waals surface area contributed by atoms with Crippen LogP contribution < -0.4 is 5.32 Å². The summed E-state index contributed by atoms with van der Waals surface area (Å²) in [4.78, 5) is 4.48. The van der Waals surface area contributed by atoms with Gasteiger partial charge in [-0.15, -0.1) is 0 Å². The number of fused-ring (bicyclic) bond motifs is 1. The average molecular weight is 264 g/mol. The molecule has 1 aliphatic rings. The molecule has 0 bridgehead atoms. The molecule has 0 aliphatic heterocycles. The van der Waals surface area contributed by atoms with Crippen molar-refractivity contribution in [3.05, 3.63) is 54.4 Å². The highest BCUT2D eigenvalue weighted by molar-refractivity contribution is 5.82. The van der Waals surface area contributed by atoms with Gasteiger partial charge in [0.25, 0.3) is 0 Å². The second kappa shape index (κ2) is 4.76. The molecule has 0 amide bonds. The van der Waals surface area contributed by atoms with Crippen molar-refractivity contribution in [3.8, 4) is 11.3 Å². The number of nitrogens with zero attached hydrogens (tertiary/aromatic N) is 1. The summed E-state index contributed by atoms with van der Waals surface area (Å²) in [6.07, 6.45) is 4.46. The molecule has 3 nitrogen and oxygen atoms in total. The third kappa shape index (κ3) is 2.32. The fraction of sp³-hybridized carbons (Fsp3) is 0.235. The number of hydrogen-bond acceptors (Lipinski definition) is 3. The molecule has 100 valence electrons. The van der Waals surface area contributed by atoms with Crippen LogP contribution in [0.15, 0.2) is 53.1 Å². The number of rotatable bonds is 4. The largest absolute Gasteiger partial charge is 0.460 e.